The van der Waals surface area contributed by atoms with Crippen LogP contribution < -0.4 is 11.5 Å². The highest BCUT2D eigenvalue weighted by Gasteiger charge is 2.36. The first-order valence-corrected chi connectivity index (χ1v) is 16.9. The highest BCUT2D eigenvalue weighted by atomic mass is 14.8. The summed E-state index contributed by atoms with van der Waals surface area (Å²) in [6.45, 7) is 4.59. The van der Waals surface area contributed by atoms with Crippen molar-refractivity contribution >= 4 is 27.1 Å². The van der Waals surface area contributed by atoms with Gasteiger partial charge in [-0.15, -0.1) is 0 Å². The van der Waals surface area contributed by atoms with Crippen LogP contribution in [0.2, 0.25) is 0 Å². The molecule has 0 amide bonds. The highest BCUT2D eigenvalue weighted by molar-refractivity contribution is 6.20. The van der Waals surface area contributed by atoms with Crippen molar-refractivity contribution in [1.82, 2.24) is 9.97 Å². The first-order valence-electron chi connectivity index (χ1n) is 16.9. The Morgan fingerprint density at radius 2 is 1.57 bits per heavy atom. The van der Waals surface area contributed by atoms with Crippen LogP contribution in [0.4, 0.5) is 0 Å². The van der Waals surface area contributed by atoms with Crippen LogP contribution in [0.15, 0.2) is 140 Å². The van der Waals surface area contributed by atoms with E-state index in [2.05, 4.69) is 110 Å². The number of aromatic nitrogens is 2. The molecule has 6 heteroatoms. The van der Waals surface area contributed by atoms with Gasteiger partial charge in [0, 0.05) is 35.1 Å². The minimum Gasteiger partial charge on any atom is -0.405 e. The molecule has 0 aliphatic heterocycles. The molecule has 0 radical (unpaired) electrons. The van der Waals surface area contributed by atoms with Crippen LogP contribution in [0.1, 0.15) is 48.9 Å². The molecule has 2 heterocycles. The van der Waals surface area contributed by atoms with Crippen molar-refractivity contribution in [2.24, 2.45) is 11.5 Å². The lowest BCUT2D eigenvalue weighted by Crippen LogP contribution is -2.15. The molecule has 6 aromatic rings. The van der Waals surface area contributed by atoms with Gasteiger partial charge in [-0.3, -0.25) is 9.97 Å². The molecule has 4 aromatic carbocycles. The summed E-state index contributed by atoms with van der Waals surface area (Å²) in [7, 11) is 0. The van der Waals surface area contributed by atoms with E-state index in [0.29, 0.717) is 28.9 Å². The van der Waals surface area contributed by atoms with E-state index in [0.717, 1.165) is 50.2 Å². The van der Waals surface area contributed by atoms with Gasteiger partial charge in [-0.2, -0.15) is 10.5 Å². The number of benzene rings is 4. The van der Waals surface area contributed by atoms with Crippen molar-refractivity contribution in [2.75, 3.05) is 0 Å². The molecule has 0 bridgehead atoms. The summed E-state index contributed by atoms with van der Waals surface area (Å²) < 4.78 is 0. The Bertz CT molecular complexity index is 2540. The van der Waals surface area contributed by atoms with Crippen LogP contribution in [-0.4, -0.2) is 9.97 Å². The third-order valence-corrected chi connectivity index (χ3v) is 9.80. The van der Waals surface area contributed by atoms with Gasteiger partial charge in [0.05, 0.1) is 29.1 Å². The van der Waals surface area contributed by atoms with Gasteiger partial charge in [0.2, 0.25) is 0 Å². The molecule has 0 saturated carbocycles. The fraction of sp³-hybridized carbons (Fsp3) is 0.111. The van der Waals surface area contributed by atoms with Gasteiger partial charge < -0.3 is 11.5 Å². The van der Waals surface area contributed by atoms with Gasteiger partial charge in [0.15, 0.2) is 0 Å². The zero-order valence-electron chi connectivity index (χ0n) is 28.6. The van der Waals surface area contributed by atoms with Crippen LogP contribution in [0, 0.1) is 22.7 Å². The van der Waals surface area contributed by atoms with E-state index in [1.165, 1.54) is 28.5 Å². The molecule has 4 N–H and O–H groups in total. The maximum absolute atomic E-state index is 9.43. The van der Waals surface area contributed by atoms with Crippen molar-refractivity contribution in [3.05, 3.63) is 162 Å². The van der Waals surface area contributed by atoms with Crippen molar-refractivity contribution < 1.29 is 0 Å². The molecule has 1 aliphatic carbocycles. The number of hydrogen-bond donors (Lipinski definition) is 2. The number of allylic oxidation sites excluding steroid dienone is 6. The number of nitrogens with zero attached hydrogens (tertiary/aromatic N) is 4. The fourth-order valence-electron chi connectivity index (χ4n) is 7.35. The highest BCUT2D eigenvalue weighted by Crippen LogP contribution is 2.52. The van der Waals surface area contributed by atoms with Gasteiger partial charge >= 0.3 is 0 Å². The Kier molecular flexibility index (Phi) is 8.76. The maximum Gasteiger partial charge on any atom is 0.0992 e. The summed E-state index contributed by atoms with van der Waals surface area (Å²) in [4.78, 5) is 9.33. The SMILES string of the molecule is CC1(C)c2ccccc2-c2cc3c(-c4ccc(-c5cc(C#N)ccn5)nc4)c4ccccc4c(C(/C=C\CC/C=C(C#N)\C=C/N)=C/N)c3cc21. The van der Waals surface area contributed by atoms with Crippen molar-refractivity contribution in [1.29, 1.82) is 10.5 Å². The van der Waals surface area contributed by atoms with Crippen LogP contribution in [-0.2, 0) is 5.41 Å². The van der Waals surface area contributed by atoms with Crippen molar-refractivity contribution in [3.8, 4) is 45.8 Å². The first-order chi connectivity index (χ1) is 24.9. The molecule has 7 rings (SSSR count). The van der Waals surface area contributed by atoms with E-state index in [9.17, 15) is 10.5 Å². The molecule has 0 saturated heterocycles. The predicted molar refractivity (Wildman–Crippen MR) is 208 cm³/mol. The smallest absolute Gasteiger partial charge is 0.0992 e. The lowest BCUT2D eigenvalue weighted by Gasteiger charge is -2.24. The van der Waals surface area contributed by atoms with Gasteiger partial charge in [-0.05, 0) is 116 Å². The van der Waals surface area contributed by atoms with Gasteiger partial charge in [0.1, 0.15) is 0 Å². The Morgan fingerprint density at radius 3 is 2.31 bits per heavy atom. The minimum atomic E-state index is -0.192. The second-order valence-corrected chi connectivity index (χ2v) is 13.1. The lowest BCUT2D eigenvalue weighted by molar-refractivity contribution is 0.661. The molecule has 51 heavy (non-hydrogen) atoms. The van der Waals surface area contributed by atoms with Gasteiger partial charge in [-0.25, -0.2) is 0 Å². The van der Waals surface area contributed by atoms with E-state index >= 15 is 0 Å². The summed E-state index contributed by atoms with van der Waals surface area (Å²) in [6, 6.07) is 33.8. The largest absolute Gasteiger partial charge is 0.405 e. The van der Waals surface area contributed by atoms with E-state index in [1.807, 2.05) is 18.3 Å². The Hall–Kier alpha value is -6.76. The molecule has 1 aliphatic rings. The minimum absolute atomic E-state index is 0.192. The summed E-state index contributed by atoms with van der Waals surface area (Å²) in [6.07, 6.45) is 15.7. The average Bonchev–Trinajstić information content (AvgIpc) is 3.39. The maximum atomic E-state index is 9.43. The molecule has 2 aromatic heterocycles. The molecule has 6 nitrogen and oxygen atoms in total. The number of hydrogen-bond acceptors (Lipinski definition) is 6. The van der Waals surface area contributed by atoms with Crippen LogP contribution >= 0.6 is 0 Å². The normalized spacial score (nSPS) is 13.8. The Labute approximate surface area is 298 Å². The summed E-state index contributed by atoms with van der Waals surface area (Å²) in [5.74, 6) is 0. The number of nitrogens with two attached hydrogens (primary N) is 2. The topological polar surface area (TPSA) is 125 Å². The number of unbranched alkanes of at least 4 members (excludes halogenated alkanes) is 1. The molecular weight excluding hydrogens is 625 g/mol. The van der Waals surface area contributed by atoms with Gasteiger partial charge in [0.25, 0.3) is 0 Å². The molecule has 0 spiro atoms. The number of rotatable bonds is 8. The van der Waals surface area contributed by atoms with Crippen LogP contribution in [0.25, 0.3) is 60.8 Å². The summed E-state index contributed by atoms with van der Waals surface area (Å²) in [5.41, 5.74) is 23.3. The van der Waals surface area contributed by atoms with E-state index < -0.39 is 0 Å². The Morgan fingerprint density at radius 1 is 0.765 bits per heavy atom. The van der Waals surface area contributed by atoms with Crippen LogP contribution in [0.3, 0.4) is 0 Å². The zero-order valence-corrected chi connectivity index (χ0v) is 28.6. The van der Waals surface area contributed by atoms with E-state index in [4.69, 9.17) is 16.5 Å². The van der Waals surface area contributed by atoms with Gasteiger partial charge in [-0.1, -0.05) is 86.7 Å². The second kappa shape index (κ2) is 13.6. The monoisotopic (exact) mass is 660 g/mol. The first kappa shape index (κ1) is 32.8. The molecule has 0 unspecified atom stereocenters. The number of fused-ring (bicyclic) bond motifs is 5. The van der Waals surface area contributed by atoms with E-state index in [-0.39, 0.29) is 5.41 Å². The number of nitriles is 2. The average molecular weight is 661 g/mol. The van der Waals surface area contributed by atoms with E-state index in [1.54, 1.807) is 30.6 Å². The number of pyridine rings is 2. The lowest BCUT2D eigenvalue weighted by atomic mass is 9.79. The molecule has 0 atom stereocenters. The predicted octanol–water partition coefficient (Wildman–Crippen LogP) is 9.85. The standard InChI is InChI=1S/C45H36N6/c1-45(2)39-15-9-8-12-33(39)36-23-37-38(24-40(36)45)43(31(27-49)11-5-3-4-10-29(25-47)18-20-46)34-13-6-7-14-35(34)44(37)32-16-17-41(51-28-32)42-22-30(26-48)19-21-50-42/h5-24,27-28H,3-4,46,49H2,1-2H3/b11-5-,20-18-,29-10+,31-27+. The summed E-state index contributed by atoms with van der Waals surface area (Å²) in [5, 5.41) is 23.2. The third kappa shape index (κ3) is 5.84. The molecule has 0 fully saturated rings. The second-order valence-electron chi connectivity index (χ2n) is 13.1. The van der Waals surface area contributed by atoms with Crippen molar-refractivity contribution in [3.63, 3.8) is 0 Å². The Balaban J connectivity index is 1.45. The third-order valence-electron chi connectivity index (χ3n) is 9.80. The molecule has 246 valence electrons. The van der Waals surface area contributed by atoms with Crippen LogP contribution in [0.5, 0.6) is 0 Å². The van der Waals surface area contributed by atoms with Crippen molar-refractivity contribution in [2.45, 2.75) is 32.1 Å². The molecular formula is C45H36N6. The zero-order chi connectivity index (χ0) is 35.5. The fourth-order valence-corrected chi connectivity index (χ4v) is 7.35. The quantitative estimate of drug-likeness (QED) is 0.0724. The summed E-state index contributed by atoms with van der Waals surface area (Å²) >= 11 is 0.